The summed E-state index contributed by atoms with van der Waals surface area (Å²) in [6.07, 6.45) is -1.55. The van der Waals surface area contributed by atoms with Crippen molar-refractivity contribution in [3.63, 3.8) is 0 Å². The first-order valence-electron chi connectivity index (χ1n) is 5.66. The Hall–Kier alpha value is -2.97. The van der Waals surface area contributed by atoms with E-state index in [1.807, 2.05) is 0 Å². The smallest absolute Gasteiger partial charge is 0.396 e. The van der Waals surface area contributed by atoms with E-state index in [-0.39, 0.29) is 0 Å². The van der Waals surface area contributed by atoms with Crippen LogP contribution in [0.3, 0.4) is 0 Å². The predicted molar refractivity (Wildman–Crippen MR) is 68.2 cm³/mol. The number of carbonyl (C=O) groups excluding carboxylic acids is 1. The van der Waals surface area contributed by atoms with Crippen LogP contribution in [0, 0.1) is 23.3 Å². The van der Waals surface area contributed by atoms with E-state index in [1.54, 1.807) is 0 Å². The molecule has 4 N–H and O–H groups in total. The molecular weight excluding hydrogens is 308 g/mol. The molecule has 116 valence electrons. The summed E-state index contributed by atoms with van der Waals surface area (Å²) < 4.78 is 61.4. The lowest BCUT2D eigenvalue weighted by Crippen LogP contribution is -2.16. The Morgan fingerprint density at radius 1 is 0.727 bits per heavy atom. The summed E-state index contributed by atoms with van der Waals surface area (Å²) in [7, 11) is 0. The van der Waals surface area contributed by atoms with Crippen LogP contribution in [0.2, 0.25) is 0 Å². The molecule has 0 aliphatic heterocycles. The number of nitrogens with two attached hydrogens (primary N) is 2. The van der Waals surface area contributed by atoms with E-state index in [0.29, 0.717) is 24.3 Å². The average molecular weight is 316 g/mol. The fourth-order valence-corrected chi connectivity index (χ4v) is 1.45. The Morgan fingerprint density at radius 3 is 1.45 bits per heavy atom. The topological polar surface area (TPSA) is 87.6 Å². The molecule has 0 aliphatic rings. The molecule has 2 aromatic carbocycles. The second kappa shape index (κ2) is 5.80. The van der Waals surface area contributed by atoms with Crippen LogP contribution >= 0.6 is 0 Å². The number of rotatable bonds is 2. The van der Waals surface area contributed by atoms with Crippen LogP contribution in [0.5, 0.6) is 11.5 Å². The van der Waals surface area contributed by atoms with Crippen molar-refractivity contribution in [3.05, 3.63) is 47.5 Å². The number of anilines is 2. The number of hydrogen-bond acceptors (Lipinski definition) is 5. The minimum atomic E-state index is -1.55. The molecule has 22 heavy (non-hydrogen) atoms. The lowest BCUT2D eigenvalue weighted by Gasteiger charge is -2.09. The van der Waals surface area contributed by atoms with Gasteiger partial charge < -0.3 is 20.9 Å². The highest BCUT2D eigenvalue weighted by molar-refractivity contribution is 5.68. The third kappa shape index (κ3) is 3.19. The second-order valence-corrected chi connectivity index (χ2v) is 4.06. The molecule has 0 saturated heterocycles. The zero-order chi connectivity index (χ0) is 16.4. The molecule has 0 bridgehead atoms. The van der Waals surface area contributed by atoms with E-state index in [2.05, 4.69) is 9.47 Å². The molecule has 0 radical (unpaired) electrons. The van der Waals surface area contributed by atoms with Crippen LogP contribution in [0.15, 0.2) is 24.3 Å². The van der Waals surface area contributed by atoms with E-state index in [9.17, 15) is 22.4 Å². The van der Waals surface area contributed by atoms with Gasteiger partial charge in [0.15, 0.2) is 23.1 Å². The predicted octanol–water partition coefficient (Wildman–Crippen LogP) is 2.99. The highest BCUT2D eigenvalue weighted by atomic mass is 19.1. The Labute approximate surface area is 121 Å². The SMILES string of the molecule is Nc1cc(OC(=O)Oc2cc(N)c(F)cc2F)c(F)cc1F. The molecule has 0 amide bonds. The highest BCUT2D eigenvalue weighted by Gasteiger charge is 2.17. The third-order valence-electron chi connectivity index (χ3n) is 2.49. The Morgan fingerprint density at radius 2 is 1.09 bits per heavy atom. The summed E-state index contributed by atoms with van der Waals surface area (Å²) in [5.74, 6) is -5.98. The molecule has 9 heteroatoms. The van der Waals surface area contributed by atoms with E-state index in [4.69, 9.17) is 11.5 Å². The number of nitrogen functional groups attached to an aromatic ring is 2. The van der Waals surface area contributed by atoms with Gasteiger partial charge in [-0.2, -0.15) is 0 Å². The quantitative estimate of drug-likeness (QED) is 0.385. The van der Waals surface area contributed by atoms with Crippen LogP contribution in [0.1, 0.15) is 0 Å². The molecule has 0 saturated carbocycles. The molecule has 0 heterocycles. The number of ether oxygens (including phenoxy) is 2. The van der Waals surface area contributed by atoms with Gasteiger partial charge in [0.1, 0.15) is 11.6 Å². The average Bonchev–Trinajstić information content (AvgIpc) is 2.42. The summed E-state index contributed by atoms with van der Waals surface area (Å²) in [5.41, 5.74) is 9.43. The Balaban J connectivity index is 2.17. The summed E-state index contributed by atoms with van der Waals surface area (Å²) in [6, 6.07) is 2.21. The van der Waals surface area contributed by atoms with E-state index in [0.717, 1.165) is 0 Å². The van der Waals surface area contributed by atoms with E-state index < -0.39 is 52.3 Å². The number of carbonyl (C=O) groups is 1. The Bertz CT molecular complexity index is 691. The molecule has 0 fully saturated rings. The summed E-state index contributed by atoms with van der Waals surface area (Å²) >= 11 is 0. The van der Waals surface area contributed by atoms with Gasteiger partial charge >= 0.3 is 6.16 Å². The van der Waals surface area contributed by atoms with Crippen LogP contribution in [0.25, 0.3) is 0 Å². The highest BCUT2D eigenvalue weighted by Crippen LogP contribution is 2.26. The summed E-state index contributed by atoms with van der Waals surface area (Å²) in [4.78, 5) is 11.4. The third-order valence-corrected chi connectivity index (χ3v) is 2.49. The molecule has 0 spiro atoms. The van der Waals surface area contributed by atoms with Gasteiger partial charge in [-0.25, -0.2) is 22.4 Å². The zero-order valence-corrected chi connectivity index (χ0v) is 10.7. The van der Waals surface area contributed by atoms with E-state index in [1.165, 1.54) is 0 Å². The van der Waals surface area contributed by atoms with Crippen molar-refractivity contribution >= 4 is 17.5 Å². The van der Waals surface area contributed by atoms with Crippen LogP contribution < -0.4 is 20.9 Å². The van der Waals surface area contributed by atoms with Crippen LogP contribution in [0.4, 0.5) is 33.7 Å². The minimum absolute atomic E-state index is 0.397. The monoisotopic (exact) mass is 316 g/mol. The summed E-state index contributed by atoms with van der Waals surface area (Å²) in [6.45, 7) is 0. The van der Waals surface area contributed by atoms with Crippen LogP contribution in [-0.4, -0.2) is 6.16 Å². The first-order valence-corrected chi connectivity index (χ1v) is 5.66. The fourth-order valence-electron chi connectivity index (χ4n) is 1.45. The number of benzene rings is 2. The molecule has 0 unspecified atom stereocenters. The van der Waals surface area contributed by atoms with E-state index >= 15 is 0 Å². The van der Waals surface area contributed by atoms with Crippen molar-refractivity contribution in [2.45, 2.75) is 0 Å². The maximum Gasteiger partial charge on any atom is 0.519 e. The molecular formula is C13H8F4N2O3. The molecule has 2 rings (SSSR count). The number of hydrogen-bond donors (Lipinski definition) is 2. The maximum atomic E-state index is 13.4. The lowest BCUT2D eigenvalue weighted by molar-refractivity contribution is 0.148. The first kappa shape index (κ1) is 15.4. The number of halogens is 4. The summed E-state index contributed by atoms with van der Waals surface area (Å²) in [5, 5.41) is 0. The molecule has 0 atom stereocenters. The normalized spacial score (nSPS) is 10.4. The molecule has 0 aromatic heterocycles. The van der Waals surface area contributed by atoms with Gasteiger partial charge in [0.2, 0.25) is 0 Å². The van der Waals surface area contributed by atoms with Gasteiger partial charge in [0.05, 0.1) is 11.4 Å². The van der Waals surface area contributed by atoms with Crippen molar-refractivity contribution in [1.82, 2.24) is 0 Å². The van der Waals surface area contributed by atoms with Gasteiger partial charge in [-0.3, -0.25) is 0 Å². The molecule has 5 nitrogen and oxygen atoms in total. The van der Waals surface area contributed by atoms with Gasteiger partial charge in [-0.05, 0) is 0 Å². The van der Waals surface area contributed by atoms with Crippen molar-refractivity contribution in [2.75, 3.05) is 11.5 Å². The van der Waals surface area contributed by atoms with Gasteiger partial charge in [-0.1, -0.05) is 0 Å². The van der Waals surface area contributed by atoms with Gasteiger partial charge in [0, 0.05) is 24.3 Å². The largest absolute Gasteiger partial charge is 0.519 e. The van der Waals surface area contributed by atoms with Gasteiger partial charge in [-0.15, -0.1) is 0 Å². The lowest BCUT2D eigenvalue weighted by atomic mass is 10.3. The van der Waals surface area contributed by atoms with Crippen molar-refractivity contribution in [1.29, 1.82) is 0 Å². The second-order valence-electron chi connectivity index (χ2n) is 4.06. The fraction of sp³-hybridized carbons (Fsp3) is 0. The minimum Gasteiger partial charge on any atom is -0.396 e. The standard InChI is InChI=1S/C13H8F4N2O3/c14-5-1-7(16)11(3-9(5)18)21-13(20)22-12-4-10(19)6(15)2-8(12)17/h1-4H,18-19H2. The van der Waals surface area contributed by atoms with Crippen LogP contribution in [-0.2, 0) is 0 Å². The molecule has 0 aliphatic carbocycles. The molecule has 2 aromatic rings. The van der Waals surface area contributed by atoms with Gasteiger partial charge in [0.25, 0.3) is 0 Å². The van der Waals surface area contributed by atoms with Crippen molar-refractivity contribution < 1.29 is 31.8 Å². The van der Waals surface area contributed by atoms with Crippen molar-refractivity contribution in [2.24, 2.45) is 0 Å². The zero-order valence-electron chi connectivity index (χ0n) is 10.7. The maximum absolute atomic E-state index is 13.4. The first-order chi connectivity index (χ1) is 10.3. The Kier molecular flexibility index (Phi) is 4.06. The van der Waals surface area contributed by atoms with Crippen molar-refractivity contribution in [3.8, 4) is 11.5 Å².